The number of nitrogens with one attached hydrogen (secondary N) is 1. The number of fused-ring (bicyclic) bond motifs is 1. The van der Waals surface area contributed by atoms with Crippen LogP contribution in [0.1, 0.15) is 45.7 Å². The molecule has 2 amide bonds. The predicted molar refractivity (Wildman–Crippen MR) is 113 cm³/mol. The number of carbonyl (C=O) groups is 2. The maximum absolute atomic E-state index is 12.3. The number of imide groups is 1. The van der Waals surface area contributed by atoms with Gasteiger partial charge < -0.3 is 15.8 Å². The molecule has 9 heteroatoms. The summed E-state index contributed by atoms with van der Waals surface area (Å²) < 4.78 is 4.93. The minimum absolute atomic E-state index is 0.189. The van der Waals surface area contributed by atoms with E-state index in [1.807, 2.05) is 5.38 Å². The van der Waals surface area contributed by atoms with E-state index >= 15 is 0 Å². The van der Waals surface area contributed by atoms with E-state index in [9.17, 15) is 9.59 Å². The van der Waals surface area contributed by atoms with Gasteiger partial charge in [0, 0.05) is 19.0 Å². The summed E-state index contributed by atoms with van der Waals surface area (Å²) in [5.74, 6) is -0.0555. The van der Waals surface area contributed by atoms with Crippen LogP contribution in [0, 0.1) is 0 Å². The number of hydrogen-bond acceptors (Lipinski definition) is 6. The lowest BCUT2D eigenvalue weighted by Crippen LogP contribution is -2.30. The molecule has 29 heavy (non-hydrogen) atoms. The number of carbonyl (C=O) groups excluding carboxylic acids is 2. The molecule has 0 aliphatic carbocycles. The van der Waals surface area contributed by atoms with Crippen molar-refractivity contribution in [1.29, 1.82) is 0 Å². The van der Waals surface area contributed by atoms with Gasteiger partial charge in [-0.3, -0.25) is 19.5 Å². The van der Waals surface area contributed by atoms with Gasteiger partial charge in [0.25, 0.3) is 11.8 Å². The third-order valence-electron chi connectivity index (χ3n) is 4.56. The number of rotatable bonds is 10. The molecule has 0 radical (unpaired) electrons. The van der Waals surface area contributed by atoms with Crippen LogP contribution in [0.4, 0.5) is 5.13 Å². The molecule has 0 spiro atoms. The Balaban J connectivity index is 1.38. The molecule has 1 aromatic carbocycles. The minimum atomic E-state index is -0.189. The van der Waals surface area contributed by atoms with Gasteiger partial charge in [0.2, 0.25) is 0 Å². The molecule has 3 N–H and O–H groups in total. The lowest BCUT2D eigenvalue weighted by molar-refractivity contribution is 0.0651. The number of anilines is 1. The van der Waals surface area contributed by atoms with Crippen LogP contribution in [-0.4, -0.2) is 54.5 Å². The van der Waals surface area contributed by atoms with Gasteiger partial charge in [0.15, 0.2) is 11.1 Å². The van der Waals surface area contributed by atoms with Crippen molar-refractivity contribution in [2.24, 2.45) is 10.7 Å². The number of hydrogen-bond donors (Lipinski definition) is 2. The fourth-order valence-corrected chi connectivity index (χ4v) is 3.83. The summed E-state index contributed by atoms with van der Waals surface area (Å²) >= 11 is 1.48. The van der Waals surface area contributed by atoms with Crippen molar-refractivity contribution < 1.29 is 14.3 Å². The number of methoxy groups -OCH3 is 1. The highest BCUT2D eigenvalue weighted by atomic mass is 32.1. The summed E-state index contributed by atoms with van der Waals surface area (Å²) in [6.45, 7) is 1.47. The molecule has 1 aromatic heterocycles. The molecule has 3 rings (SSSR count). The van der Waals surface area contributed by atoms with E-state index in [0.29, 0.717) is 41.9 Å². The molecule has 0 fully saturated rings. The van der Waals surface area contributed by atoms with Crippen LogP contribution in [-0.2, 0) is 11.2 Å². The summed E-state index contributed by atoms with van der Waals surface area (Å²) in [5, 5.41) is 5.68. The predicted octanol–water partition coefficient (Wildman–Crippen LogP) is 2.53. The van der Waals surface area contributed by atoms with Crippen LogP contribution >= 0.6 is 11.3 Å². The number of aliphatic imine (C=N–C) groups is 1. The minimum Gasteiger partial charge on any atom is -0.383 e. The number of amides is 2. The normalized spacial score (nSPS) is 13.8. The standard InChI is InChI=1S/C20H25N5O3S/c1-28-12-10-22-19(21)24-20-23-14(13-29-20)7-3-2-6-11-25-17(26)15-8-4-5-9-16(15)18(25)27/h4-5,8-9,13H,2-3,6-7,10-12H2,1H3,(H3,21,22,23,24). The van der Waals surface area contributed by atoms with Gasteiger partial charge in [-0.2, -0.15) is 0 Å². The van der Waals surface area contributed by atoms with E-state index in [-0.39, 0.29) is 11.8 Å². The molecule has 154 valence electrons. The first-order valence-electron chi connectivity index (χ1n) is 9.55. The number of ether oxygens (including phenoxy) is 1. The third kappa shape index (κ3) is 5.39. The maximum Gasteiger partial charge on any atom is 0.261 e. The van der Waals surface area contributed by atoms with E-state index in [0.717, 1.165) is 31.4 Å². The fourth-order valence-electron chi connectivity index (χ4n) is 3.08. The summed E-state index contributed by atoms with van der Waals surface area (Å²) in [6, 6.07) is 6.98. The molecule has 0 unspecified atom stereocenters. The third-order valence-corrected chi connectivity index (χ3v) is 5.36. The zero-order valence-corrected chi connectivity index (χ0v) is 17.2. The van der Waals surface area contributed by atoms with E-state index in [2.05, 4.69) is 15.3 Å². The molecule has 0 bridgehead atoms. The highest BCUT2D eigenvalue weighted by Crippen LogP contribution is 2.23. The Kier molecular flexibility index (Phi) is 7.31. The number of unbranched alkanes of at least 4 members (excludes halogenated alkanes) is 2. The summed E-state index contributed by atoms with van der Waals surface area (Å²) in [5.41, 5.74) is 7.80. The van der Waals surface area contributed by atoms with Crippen molar-refractivity contribution in [3.8, 4) is 0 Å². The zero-order valence-electron chi connectivity index (χ0n) is 16.4. The number of aryl methyl sites for hydroxylation is 1. The van der Waals surface area contributed by atoms with Crippen LogP contribution in [0.5, 0.6) is 0 Å². The second-order valence-corrected chi connectivity index (χ2v) is 7.51. The molecule has 2 aromatic rings. The van der Waals surface area contributed by atoms with Crippen molar-refractivity contribution in [1.82, 2.24) is 9.88 Å². The van der Waals surface area contributed by atoms with Crippen LogP contribution in [0.25, 0.3) is 0 Å². The van der Waals surface area contributed by atoms with Gasteiger partial charge in [-0.25, -0.2) is 4.98 Å². The average molecular weight is 416 g/mol. The Hall–Kier alpha value is -2.78. The van der Waals surface area contributed by atoms with Crippen LogP contribution in [0.2, 0.25) is 0 Å². The Bertz CT molecular complexity index is 861. The monoisotopic (exact) mass is 415 g/mol. The molecule has 1 aliphatic rings. The number of thiazole rings is 1. The number of benzene rings is 1. The Morgan fingerprint density at radius 2 is 1.93 bits per heavy atom. The smallest absolute Gasteiger partial charge is 0.261 e. The number of nitrogens with two attached hydrogens (primary N) is 1. The molecule has 0 atom stereocenters. The largest absolute Gasteiger partial charge is 0.383 e. The van der Waals surface area contributed by atoms with Crippen LogP contribution < -0.4 is 11.1 Å². The van der Waals surface area contributed by atoms with Crippen LogP contribution in [0.15, 0.2) is 34.6 Å². The van der Waals surface area contributed by atoms with Crippen molar-refractivity contribution >= 4 is 34.2 Å². The number of aromatic nitrogens is 1. The Morgan fingerprint density at radius 3 is 2.62 bits per heavy atom. The molecule has 1 aliphatic heterocycles. The average Bonchev–Trinajstić information content (AvgIpc) is 3.26. The van der Waals surface area contributed by atoms with E-state index in [4.69, 9.17) is 10.5 Å². The maximum atomic E-state index is 12.3. The SMILES string of the molecule is COCCN=C(N)Nc1nc(CCCCCN2C(=O)c3ccccc3C2=O)cs1. The second kappa shape index (κ2) is 10.1. The van der Waals surface area contributed by atoms with Gasteiger partial charge >= 0.3 is 0 Å². The first-order chi connectivity index (χ1) is 14.1. The Labute approximate surface area is 173 Å². The van der Waals surface area contributed by atoms with Crippen molar-refractivity contribution in [2.45, 2.75) is 25.7 Å². The lowest BCUT2D eigenvalue weighted by Gasteiger charge is -2.13. The van der Waals surface area contributed by atoms with E-state index in [1.54, 1.807) is 31.4 Å². The van der Waals surface area contributed by atoms with Gasteiger partial charge in [-0.1, -0.05) is 18.6 Å². The van der Waals surface area contributed by atoms with Crippen molar-refractivity contribution in [2.75, 3.05) is 32.1 Å². The number of guanidine groups is 1. The first kappa shape index (κ1) is 20.9. The molecular weight excluding hydrogens is 390 g/mol. The van der Waals surface area contributed by atoms with Crippen molar-refractivity contribution in [3.05, 3.63) is 46.5 Å². The molecule has 8 nitrogen and oxygen atoms in total. The lowest BCUT2D eigenvalue weighted by atomic mass is 10.1. The van der Waals surface area contributed by atoms with E-state index in [1.165, 1.54) is 16.2 Å². The Morgan fingerprint density at radius 1 is 1.21 bits per heavy atom. The number of nitrogens with zero attached hydrogens (tertiary/aromatic N) is 3. The zero-order chi connectivity index (χ0) is 20.6. The van der Waals surface area contributed by atoms with Gasteiger partial charge in [0.1, 0.15) is 0 Å². The highest BCUT2D eigenvalue weighted by molar-refractivity contribution is 7.13. The second-order valence-electron chi connectivity index (χ2n) is 6.65. The molecular formula is C20H25N5O3S. The topological polar surface area (TPSA) is 110 Å². The van der Waals surface area contributed by atoms with Gasteiger partial charge in [0.05, 0.1) is 30.0 Å². The summed E-state index contributed by atoms with van der Waals surface area (Å²) in [7, 11) is 1.62. The van der Waals surface area contributed by atoms with Crippen LogP contribution in [0.3, 0.4) is 0 Å². The quantitative estimate of drug-likeness (QED) is 0.267. The van der Waals surface area contributed by atoms with Gasteiger partial charge in [-0.15, -0.1) is 11.3 Å². The molecule has 2 heterocycles. The molecule has 0 saturated heterocycles. The summed E-state index contributed by atoms with van der Waals surface area (Å²) in [6.07, 6.45) is 3.46. The highest BCUT2D eigenvalue weighted by Gasteiger charge is 2.34. The van der Waals surface area contributed by atoms with Crippen molar-refractivity contribution in [3.63, 3.8) is 0 Å². The summed E-state index contributed by atoms with van der Waals surface area (Å²) in [4.78, 5) is 34.6. The molecule has 0 saturated carbocycles. The fraction of sp³-hybridized carbons (Fsp3) is 0.400. The van der Waals surface area contributed by atoms with Gasteiger partial charge in [-0.05, 0) is 31.4 Å². The van der Waals surface area contributed by atoms with E-state index < -0.39 is 0 Å². The first-order valence-corrected chi connectivity index (χ1v) is 10.4.